The zero-order valence-electron chi connectivity index (χ0n) is 14.6. The summed E-state index contributed by atoms with van der Waals surface area (Å²) >= 11 is 0. The van der Waals surface area contributed by atoms with Crippen molar-refractivity contribution in [1.29, 1.82) is 0 Å². The van der Waals surface area contributed by atoms with Crippen LogP contribution < -0.4 is 5.73 Å². The molecule has 3 saturated carbocycles. The predicted molar refractivity (Wildman–Crippen MR) is 97.1 cm³/mol. The average molecular weight is 335 g/mol. The van der Waals surface area contributed by atoms with E-state index in [-0.39, 0.29) is 17.0 Å². The Morgan fingerprint density at radius 1 is 1.16 bits per heavy atom. The Labute approximate surface area is 148 Å². The number of fused-ring (bicyclic) bond motifs is 7. The molecule has 2 heterocycles. The Balaban J connectivity index is 1.45. The van der Waals surface area contributed by atoms with Gasteiger partial charge in [-0.2, -0.15) is 0 Å². The van der Waals surface area contributed by atoms with Crippen LogP contribution in [-0.2, 0) is 4.79 Å². The van der Waals surface area contributed by atoms with Crippen LogP contribution >= 0.6 is 0 Å². The minimum atomic E-state index is -0.127. The van der Waals surface area contributed by atoms with E-state index in [0.717, 1.165) is 50.6 Å². The summed E-state index contributed by atoms with van der Waals surface area (Å²) in [7, 11) is 0. The number of nitrogens with two attached hydrogens (primary N) is 1. The van der Waals surface area contributed by atoms with Gasteiger partial charge in [0, 0.05) is 22.9 Å². The number of benzene rings is 1. The van der Waals surface area contributed by atoms with Crippen molar-refractivity contribution in [1.82, 2.24) is 9.55 Å². The second-order valence-electron chi connectivity index (χ2n) is 8.41. The third kappa shape index (κ3) is 2.23. The van der Waals surface area contributed by atoms with Gasteiger partial charge in [0.15, 0.2) is 0 Å². The Bertz CT molecular complexity index is 829. The predicted octanol–water partition coefficient (Wildman–Crippen LogP) is 3.85. The number of hydrogen-bond acceptors (Lipinski definition) is 3. The lowest BCUT2D eigenvalue weighted by Crippen LogP contribution is -2.45. The maximum atomic E-state index is 13.5. The minimum Gasteiger partial charge on any atom is -0.325 e. The Morgan fingerprint density at radius 3 is 2.80 bits per heavy atom. The summed E-state index contributed by atoms with van der Waals surface area (Å²) in [5, 5.41) is 0. The first-order chi connectivity index (χ1) is 12.1. The van der Waals surface area contributed by atoms with Gasteiger partial charge in [-0.15, -0.1) is 0 Å². The molecule has 1 unspecified atom stereocenters. The molecule has 1 atom stereocenters. The summed E-state index contributed by atoms with van der Waals surface area (Å²) in [6, 6.07) is 8.54. The van der Waals surface area contributed by atoms with Gasteiger partial charge in [0.25, 0.3) is 0 Å². The average Bonchev–Trinajstić information content (AvgIpc) is 3.10. The first-order valence-corrected chi connectivity index (χ1v) is 9.54. The Kier molecular flexibility index (Phi) is 3.23. The van der Waals surface area contributed by atoms with Crippen LogP contribution in [0.4, 0.5) is 0 Å². The highest BCUT2D eigenvalue weighted by atomic mass is 16.1. The highest BCUT2D eigenvalue weighted by Crippen LogP contribution is 2.51. The van der Waals surface area contributed by atoms with Crippen molar-refractivity contribution in [2.45, 2.75) is 62.9 Å². The zero-order valence-corrected chi connectivity index (χ0v) is 14.6. The van der Waals surface area contributed by atoms with Crippen molar-refractivity contribution >= 4 is 5.78 Å². The summed E-state index contributed by atoms with van der Waals surface area (Å²) in [5.74, 6) is 0.442. The van der Waals surface area contributed by atoms with Crippen LogP contribution in [-0.4, -0.2) is 20.9 Å². The van der Waals surface area contributed by atoms with Crippen LogP contribution in [0.2, 0.25) is 0 Å². The molecular formula is C21H25N3O. The summed E-state index contributed by atoms with van der Waals surface area (Å²) in [6.45, 7) is 0. The van der Waals surface area contributed by atoms with Crippen LogP contribution in [0.5, 0.6) is 0 Å². The lowest BCUT2D eigenvalue weighted by Gasteiger charge is -2.40. The molecule has 0 radical (unpaired) electrons. The number of carbonyl (C=O) groups is 1. The van der Waals surface area contributed by atoms with E-state index in [2.05, 4.69) is 33.8 Å². The molecule has 3 aliphatic carbocycles. The number of hydrogen-bond donors (Lipinski definition) is 1. The zero-order chi connectivity index (χ0) is 17.1. The molecule has 2 aromatic rings. The van der Waals surface area contributed by atoms with E-state index in [1.165, 1.54) is 11.1 Å². The van der Waals surface area contributed by atoms with Crippen LogP contribution in [0.25, 0.3) is 11.3 Å². The van der Waals surface area contributed by atoms with Crippen LogP contribution in [0.15, 0.2) is 36.8 Å². The highest BCUT2D eigenvalue weighted by molar-refractivity contribution is 5.87. The topological polar surface area (TPSA) is 60.9 Å². The van der Waals surface area contributed by atoms with Crippen molar-refractivity contribution in [3.8, 4) is 11.3 Å². The first-order valence-electron chi connectivity index (χ1n) is 9.54. The van der Waals surface area contributed by atoms with Crippen LogP contribution in [0, 0.1) is 5.41 Å². The second kappa shape index (κ2) is 5.28. The molecule has 0 amide bonds. The molecule has 1 aromatic carbocycles. The molecule has 0 spiro atoms. The molecule has 6 rings (SSSR count). The van der Waals surface area contributed by atoms with E-state index in [1.54, 1.807) is 0 Å². The Morgan fingerprint density at radius 2 is 1.96 bits per heavy atom. The largest absolute Gasteiger partial charge is 0.325 e. The number of nitrogens with zero attached hydrogens (tertiary/aromatic N) is 2. The second-order valence-corrected chi connectivity index (χ2v) is 8.41. The van der Waals surface area contributed by atoms with Gasteiger partial charge in [-0.1, -0.05) is 30.7 Å². The summed E-state index contributed by atoms with van der Waals surface area (Å²) < 4.78 is 2.19. The van der Waals surface area contributed by atoms with Gasteiger partial charge < -0.3 is 10.3 Å². The number of carbonyl (C=O) groups excluding carboxylic acids is 1. The van der Waals surface area contributed by atoms with Crippen molar-refractivity contribution in [2.75, 3.05) is 0 Å². The van der Waals surface area contributed by atoms with Crippen molar-refractivity contribution in [3.05, 3.63) is 42.4 Å². The smallest absolute Gasteiger partial charge is 0.141 e. The van der Waals surface area contributed by atoms with Gasteiger partial charge in [0.05, 0.1) is 24.3 Å². The quantitative estimate of drug-likeness (QED) is 0.926. The molecule has 2 N–H and O–H groups in total. The number of imidazole rings is 1. The summed E-state index contributed by atoms with van der Waals surface area (Å²) in [4.78, 5) is 17.8. The van der Waals surface area contributed by atoms with E-state index < -0.39 is 0 Å². The SMILES string of the molecule is NC12CCCC(C(=O)CC3c4ccccc4-c4cncn43)(CC1)CC2. The molecule has 2 bridgehead atoms. The van der Waals surface area contributed by atoms with Gasteiger partial charge in [0.1, 0.15) is 5.78 Å². The number of rotatable bonds is 3. The lowest BCUT2D eigenvalue weighted by atomic mass is 9.66. The van der Waals surface area contributed by atoms with E-state index in [4.69, 9.17) is 5.73 Å². The van der Waals surface area contributed by atoms with Gasteiger partial charge in [-0.3, -0.25) is 4.79 Å². The first kappa shape index (κ1) is 15.3. The van der Waals surface area contributed by atoms with E-state index in [1.807, 2.05) is 12.5 Å². The minimum absolute atomic E-state index is 0.00223. The molecule has 0 saturated heterocycles. The summed E-state index contributed by atoms with van der Waals surface area (Å²) in [5.41, 5.74) is 10.0. The monoisotopic (exact) mass is 335 g/mol. The molecule has 4 heteroatoms. The molecule has 1 aliphatic heterocycles. The van der Waals surface area contributed by atoms with Crippen molar-refractivity contribution in [3.63, 3.8) is 0 Å². The third-order valence-electron chi connectivity index (χ3n) is 7.10. The van der Waals surface area contributed by atoms with Crippen molar-refractivity contribution in [2.24, 2.45) is 11.1 Å². The number of aromatic nitrogens is 2. The number of ketones is 1. The maximum absolute atomic E-state index is 13.5. The van der Waals surface area contributed by atoms with E-state index in [9.17, 15) is 4.79 Å². The van der Waals surface area contributed by atoms with E-state index in [0.29, 0.717) is 12.2 Å². The fourth-order valence-electron chi connectivity index (χ4n) is 5.46. The fraction of sp³-hybridized carbons (Fsp3) is 0.524. The van der Waals surface area contributed by atoms with E-state index >= 15 is 0 Å². The molecular weight excluding hydrogens is 310 g/mol. The third-order valence-corrected chi connectivity index (χ3v) is 7.10. The molecule has 4 aliphatic rings. The normalized spacial score (nSPS) is 32.9. The van der Waals surface area contributed by atoms with Gasteiger partial charge in [0.2, 0.25) is 0 Å². The fourth-order valence-corrected chi connectivity index (χ4v) is 5.46. The van der Waals surface area contributed by atoms with Gasteiger partial charge in [-0.05, 0) is 44.1 Å². The molecule has 25 heavy (non-hydrogen) atoms. The molecule has 4 nitrogen and oxygen atoms in total. The molecule has 130 valence electrons. The van der Waals surface area contributed by atoms with Gasteiger partial charge in [-0.25, -0.2) is 4.98 Å². The van der Waals surface area contributed by atoms with Crippen molar-refractivity contribution < 1.29 is 4.79 Å². The lowest BCUT2D eigenvalue weighted by molar-refractivity contribution is -0.131. The standard InChI is InChI=1S/C21H25N3O/c22-21-7-3-6-20(8-10-21,9-11-21)19(25)12-17-15-4-1-2-5-16(15)18-13-23-14-24(17)18/h1-2,4-5,13-14,17H,3,6-12,22H2. The highest BCUT2D eigenvalue weighted by Gasteiger charge is 2.48. The molecule has 1 aromatic heterocycles. The summed E-state index contributed by atoms with van der Waals surface area (Å²) in [6.07, 6.45) is 11.6. The Hall–Kier alpha value is -1.94. The van der Waals surface area contributed by atoms with Crippen LogP contribution in [0.1, 0.15) is 63.0 Å². The number of Topliss-reactive ketones (excluding diaryl/α,β-unsaturated/α-hetero) is 1. The van der Waals surface area contributed by atoms with Crippen LogP contribution in [0.3, 0.4) is 0 Å². The maximum Gasteiger partial charge on any atom is 0.141 e. The molecule has 3 fully saturated rings. The van der Waals surface area contributed by atoms with Gasteiger partial charge >= 0.3 is 0 Å².